The minimum absolute atomic E-state index is 0.0177. The predicted molar refractivity (Wildman–Crippen MR) is 140 cm³/mol. The summed E-state index contributed by atoms with van der Waals surface area (Å²) in [5.41, 5.74) is 3.74. The Morgan fingerprint density at radius 3 is 2.56 bits per heavy atom. The largest absolute Gasteiger partial charge is 0.504 e. The molecule has 4 aromatic rings. The molecule has 8 nitrogen and oxygen atoms in total. The van der Waals surface area contributed by atoms with Crippen molar-refractivity contribution in [3.05, 3.63) is 101 Å². The third-order valence-electron chi connectivity index (χ3n) is 5.84. The Labute approximate surface area is 213 Å². The van der Waals surface area contributed by atoms with Gasteiger partial charge in [-0.05, 0) is 42.3 Å². The predicted octanol–water partition coefficient (Wildman–Crippen LogP) is 5.21. The van der Waals surface area contributed by atoms with Gasteiger partial charge in [0, 0.05) is 17.1 Å². The first-order chi connectivity index (χ1) is 17.5. The molecule has 1 atom stereocenters. The molecule has 36 heavy (non-hydrogen) atoms. The molecule has 2 heterocycles. The lowest BCUT2D eigenvalue weighted by Gasteiger charge is -2.29. The van der Waals surface area contributed by atoms with Crippen LogP contribution >= 0.6 is 11.8 Å². The second-order valence-electron chi connectivity index (χ2n) is 8.25. The number of anilines is 2. The summed E-state index contributed by atoms with van der Waals surface area (Å²) >= 11 is 1.52. The molecule has 0 aliphatic carbocycles. The molecule has 0 spiro atoms. The first-order valence-electron chi connectivity index (χ1n) is 11.4. The van der Waals surface area contributed by atoms with Crippen LogP contribution in [0, 0.1) is 0 Å². The van der Waals surface area contributed by atoms with Crippen LogP contribution in [-0.4, -0.2) is 32.9 Å². The number of carbonyl (C=O) groups is 1. The van der Waals surface area contributed by atoms with Crippen LogP contribution in [0.2, 0.25) is 0 Å². The summed E-state index contributed by atoms with van der Waals surface area (Å²) in [6, 6.07) is 23.9. The molecule has 9 heteroatoms. The van der Waals surface area contributed by atoms with Crippen molar-refractivity contribution in [1.29, 1.82) is 0 Å². The summed E-state index contributed by atoms with van der Waals surface area (Å²) in [5, 5.41) is 21.8. The highest BCUT2D eigenvalue weighted by Gasteiger charge is 2.35. The minimum Gasteiger partial charge on any atom is -0.504 e. The van der Waals surface area contributed by atoms with E-state index in [1.165, 1.54) is 24.4 Å². The van der Waals surface area contributed by atoms with E-state index in [2.05, 4.69) is 27.8 Å². The minimum atomic E-state index is -0.585. The normalized spacial score (nSPS) is 14.7. The van der Waals surface area contributed by atoms with Crippen LogP contribution in [0.25, 0.3) is 0 Å². The van der Waals surface area contributed by atoms with Crippen molar-refractivity contribution in [3.8, 4) is 11.5 Å². The van der Waals surface area contributed by atoms with Gasteiger partial charge in [0.2, 0.25) is 11.1 Å². The number of thioether (sulfide) groups is 1. The fraction of sp³-hybridized carbons (Fsp3) is 0.148. The molecule has 0 bridgehead atoms. The van der Waals surface area contributed by atoms with Crippen LogP contribution in [0.5, 0.6) is 11.5 Å². The number of rotatable bonds is 7. The lowest BCUT2D eigenvalue weighted by Crippen LogP contribution is -2.31. The zero-order valence-electron chi connectivity index (χ0n) is 19.8. The molecular formula is C27H25N5O3S. The number of para-hydroxylation sites is 1. The summed E-state index contributed by atoms with van der Waals surface area (Å²) in [7, 11) is 1.49. The van der Waals surface area contributed by atoms with Gasteiger partial charge in [-0.3, -0.25) is 4.79 Å². The van der Waals surface area contributed by atoms with Gasteiger partial charge >= 0.3 is 0 Å². The standard InChI is InChI=1S/C27H25N5O3S/c1-17-23(25(34)29-20-11-7-4-8-12-20)24(19-13-14-21(33)22(15-19)35-2)32-26(28-17)30-27(31-32)36-16-18-9-5-3-6-10-18/h3-15,24,33H,16H2,1-2H3,(H,29,34)(H,28,30,31). The Bertz CT molecular complexity index is 1420. The number of phenolic OH excluding ortho intramolecular Hbond substituents is 1. The van der Waals surface area contributed by atoms with Gasteiger partial charge in [-0.1, -0.05) is 66.4 Å². The molecule has 1 aromatic heterocycles. The smallest absolute Gasteiger partial charge is 0.255 e. The number of ether oxygens (including phenoxy) is 1. The maximum atomic E-state index is 13.6. The van der Waals surface area contributed by atoms with Gasteiger partial charge in [-0.15, -0.1) is 5.10 Å². The Balaban J connectivity index is 1.53. The summed E-state index contributed by atoms with van der Waals surface area (Å²) in [6.07, 6.45) is 0. The number of nitrogens with zero attached hydrogens (tertiary/aromatic N) is 3. The number of benzene rings is 3. The van der Waals surface area contributed by atoms with Crippen LogP contribution in [0.1, 0.15) is 24.1 Å². The summed E-state index contributed by atoms with van der Waals surface area (Å²) < 4.78 is 7.06. The molecule has 0 fully saturated rings. The van der Waals surface area contributed by atoms with Crippen LogP contribution in [0.4, 0.5) is 11.6 Å². The molecule has 5 rings (SSSR count). The zero-order chi connectivity index (χ0) is 25.1. The molecule has 1 aliphatic heterocycles. The number of phenols is 1. The highest BCUT2D eigenvalue weighted by Crippen LogP contribution is 2.39. The van der Waals surface area contributed by atoms with E-state index >= 15 is 0 Å². The maximum absolute atomic E-state index is 13.6. The lowest BCUT2D eigenvalue weighted by molar-refractivity contribution is -0.113. The van der Waals surface area contributed by atoms with Gasteiger partial charge < -0.3 is 20.5 Å². The molecule has 3 N–H and O–H groups in total. The Morgan fingerprint density at radius 2 is 1.83 bits per heavy atom. The van der Waals surface area contributed by atoms with Gasteiger partial charge in [0.1, 0.15) is 6.04 Å². The van der Waals surface area contributed by atoms with Crippen LogP contribution in [-0.2, 0) is 10.5 Å². The van der Waals surface area contributed by atoms with Crippen LogP contribution in [0.3, 0.4) is 0 Å². The van der Waals surface area contributed by atoms with Crippen molar-refractivity contribution in [2.45, 2.75) is 23.9 Å². The first-order valence-corrected chi connectivity index (χ1v) is 12.4. The number of aromatic hydroxyl groups is 1. The number of aromatic nitrogens is 3. The van der Waals surface area contributed by atoms with Gasteiger partial charge in [0.05, 0.1) is 12.7 Å². The molecule has 182 valence electrons. The van der Waals surface area contributed by atoms with Crippen molar-refractivity contribution in [2.24, 2.45) is 0 Å². The van der Waals surface area contributed by atoms with Crippen molar-refractivity contribution in [1.82, 2.24) is 14.8 Å². The van der Waals surface area contributed by atoms with E-state index in [1.54, 1.807) is 22.9 Å². The fourth-order valence-corrected chi connectivity index (χ4v) is 4.89. The summed E-state index contributed by atoms with van der Waals surface area (Å²) in [5.74, 6) is 1.32. The van der Waals surface area contributed by atoms with Gasteiger partial charge in [0.15, 0.2) is 11.5 Å². The number of methoxy groups -OCH3 is 1. The molecule has 0 saturated heterocycles. The quantitative estimate of drug-likeness (QED) is 0.300. The topological polar surface area (TPSA) is 101 Å². The summed E-state index contributed by atoms with van der Waals surface area (Å²) in [4.78, 5) is 18.2. The number of hydrogen-bond acceptors (Lipinski definition) is 7. The SMILES string of the molecule is COc1cc(C2C(C(=O)Nc3ccccc3)=C(C)Nc3nc(SCc4ccccc4)nn32)ccc1O. The molecule has 3 aromatic carbocycles. The maximum Gasteiger partial charge on any atom is 0.255 e. The zero-order valence-corrected chi connectivity index (χ0v) is 20.6. The second kappa shape index (κ2) is 10.2. The van der Waals surface area contributed by atoms with Crippen molar-refractivity contribution < 1.29 is 14.6 Å². The van der Waals surface area contributed by atoms with E-state index in [0.717, 1.165) is 11.3 Å². The average Bonchev–Trinajstić information content (AvgIpc) is 3.30. The van der Waals surface area contributed by atoms with Gasteiger partial charge in [0.25, 0.3) is 5.91 Å². The third kappa shape index (κ3) is 4.78. The highest BCUT2D eigenvalue weighted by atomic mass is 32.2. The lowest BCUT2D eigenvalue weighted by atomic mass is 9.94. The van der Waals surface area contributed by atoms with E-state index in [1.807, 2.05) is 55.5 Å². The van der Waals surface area contributed by atoms with E-state index in [9.17, 15) is 9.90 Å². The Hall–Kier alpha value is -4.24. The van der Waals surface area contributed by atoms with Crippen LogP contribution < -0.4 is 15.4 Å². The monoisotopic (exact) mass is 499 g/mol. The van der Waals surface area contributed by atoms with E-state index in [0.29, 0.717) is 33.8 Å². The number of allylic oxidation sites excluding steroid dienone is 1. The first kappa shape index (κ1) is 23.5. The van der Waals surface area contributed by atoms with Crippen LogP contribution in [0.15, 0.2) is 95.3 Å². The number of nitrogens with one attached hydrogen (secondary N) is 2. The van der Waals surface area contributed by atoms with Crippen molar-refractivity contribution in [3.63, 3.8) is 0 Å². The average molecular weight is 500 g/mol. The molecule has 1 unspecified atom stereocenters. The number of hydrogen-bond donors (Lipinski definition) is 3. The highest BCUT2D eigenvalue weighted by molar-refractivity contribution is 7.98. The van der Waals surface area contributed by atoms with Gasteiger partial charge in [-0.2, -0.15) is 4.98 Å². The molecule has 1 amide bonds. The molecule has 0 saturated carbocycles. The van der Waals surface area contributed by atoms with Crippen molar-refractivity contribution in [2.75, 3.05) is 17.7 Å². The van der Waals surface area contributed by atoms with E-state index in [4.69, 9.17) is 9.84 Å². The van der Waals surface area contributed by atoms with E-state index < -0.39 is 6.04 Å². The fourth-order valence-electron chi connectivity index (χ4n) is 4.10. The third-order valence-corrected chi connectivity index (χ3v) is 6.75. The molecule has 0 radical (unpaired) electrons. The van der Waals surface area contributed by atoms with Gasteiger partial charge in [-0.25, -0.2) is 4.68 Å². The Kier molecular flexibility index (Phi) is 6.64. The Morgan fingerprint density at radius 1 is 1.11 bits per heavy atom. The molecule has 1 aliphatic rings. The second-order valence-corrected chi connectivity index (χ2v) is 9.20. The number of amides is 1. The van der Waals surface area contributed by atoms with E-state index in [-0.39, 0.29) is 11.7 Å². The number of carbonyl (C=O) groups excluding carboxylic acids is 1. The number of fused-ring (bicyclic) bond motifs is 1. The summed E-state index contributed by atoms with van der Waals surface area (Å²) in [6.45, 7) is 1.85. The molecular weight excluding hydrogens is 474 g/mol. The van der Waals surface area contributed by atoms with Crippen molar-refractivity contribution >= 4 is 29.3 Å².